The number of carbonyl (C=O) groups excluding carboxylic acids is 1. The van der Waals surface area contributed by atoms with Gasteiger partial charge in [0.2, 0.25) is 0 Å². The van der Waals surface area contributed by atoms with Gasteiger partial charge in [-0.05, 0) is 59.9 Å². The third-order valence-corrected chi connectivity index (χ3v) is 4.76. The van der Waals surface area contributed by atoms with E-state index in [0.717, 1.165) is 42.6 Å². The quantitative estimate of drug-likeness (QED) is 0.606. The number of rotatable bonds is 6. The Morgan fingerprint density at radius 3 is 2.48 bits per heavy atom. The van der Waals surface area contributed by atoms with Crippen LogP contribution >= 0.6 is 8.25 Å². The molecule has 0 aliphatic heterocycles. The molecule has 1 N–H and O–H groups in total. The lowest BCUT2D eigenvalue weighted by Crippen LogP contribution is -2.17. The number of ketones is 1. The van der Waals surface area contributed by atoms with Crippen LogP contribution in [0.25, 0.3) is 6.08 Å². The van der Waals surface area contributed by atoms with Crippen LogP contribution in [0, 0.1) is 0 Å². The molecule has 25 heavy (non-hydrogen) atoms. The molecule has 0 aromatic heterocycles. The van der Waals surface area contributed by atoms with E-state index in [1.54, 1.807) is 13.2 Å². The summed E-state index contributed by atoms with van der Waals surface area (Å²) in [6.07, 6.45) is 7.40. The zero-order valence-corrected chi connectivity index (χ0v) is 16.2. The van der Waals surface area contributed by atoms with Crippen LogP contribution in [0.3, 0.4) is 0 Å². The smallest absolute Gasteiger partial charge is 0.496 e. The number of ether oxygens (including phenoxy) is 1. The Balaban J connectivity index is 2.43. The number of carbonyl (C=O) groups is 1. The van der Waals surface area contributed by atoms with Crippen molar-refractivity contribution in [3.63, 3.8) is 0 Å². The van der Waals surface area contributed by atoms with E-state index in [0.29, 0.717) is 0 Å². The van der Waals surface area contributed by atoms with E-state index < -0.39 is 14.9 Å². The van der Waals surface area contributed by atoms with E-state index in [4.69, 9.17) is 9.63 Å². The second kappa shape index (κ2) is 8.22. The Labute approximate surface area is 150 Å². The molecule has 136 valence electrons. The summed E-state index contributed by atoms with van der Waals surface area (Å²) in [4.78, 5) is 20.4. The zero-order chi connectivity index (χ0) is 18.6. The number of methoxy groups -OCH3 is 1. The first-order valence-electron chi connectivity index (χ1n) is 8.47. The summed E-state index contributed by atoms with van der Waals surface area (Å²) in [7, 11) is -1.04. The van der Waals surface area contributed by atoms with E-state index >= 15 is 0 Å². The van der Waals surface area contributed by atoms with Crippen molar-refractivity contribution in [2.75, 3.05) is 13.7 Å². The molecule has 1 aromatic rings. The van der Waals surface area contributed by atoms with E-state index in [1.165, 1.54) is 17.2 Å². The van der Waals surface area contributed by atoms with E-state index in [1.807, 2.05) is 0 Å². The first-order chi connectivity index (χ1) is 11.7. The van der Waals surface area contributed by atoms with E-state index in [2.05, 4.69) is 31.4 Å². The number of benzene rings is 1. The fourth-order valence-corrected chi connectivity index (χ4v) is 3.47. The Kier molecular flexibility index (Phi) is 6.50. The van der Waals surface area contributed by atoms with Gasteiger partial charge >= 0.3 is 8.25 Å². The Hall–Kier alpha value is -1.55. The fraction of sp³-hybridized carbons (Fsp3) is 0.526. The second-order valence-corrected chi connectivity index (χ2v) is 8.01. The Morgan fingerprint density at radius 1 is 1.28 bits per heavy atom. The van der Waals surface area contributed by atoms with Crippen LogP contribution in [0.2, 0.25) is 0 Å². The molecule has 0 fully saturated rings. The molecule has 0 bridgehead atoms. The van der Waals surface area contributed by atoms with Crippen molar-refractivity contribution >= 4 is 20.1 Å². The molecule has 0 saturated heterocycles. The minimum Gasteiger partial charge on any atom is -0.496 e. The summed E-state index contributed by atoms with van der Waals surface area (Å²) in [5.41, 5.74) is 4.53. The summed E-state index contributed by atoms with van der Waals surface area (Å²) in [6, 6.07) is 2.10. The number of fused-ring (bicyclic) bond motifs is 1. The lowest BCUT2D eigenvalue weighted by atomic mass is 9.78. The van der Waals surface area contributed by atoms with Crippen molar-refractivity contribution in [3.05, 3.63) is 34.4 Å². The molecule has 0 radical (unpaired) electrons. The first kappa shape index (κ1) is 19.8. The Morgan fingerprint density at radius 2 is 1.92 bits per heavy atom. The maximum Gasteiger partial charge on any atom is 0.695 e. The molecule has 2 rings (SSSR count). The Bertz CT molecular complexity index is 701. The zero-order valence-electron chi connectivity index (χ0n) is 15.3. The molecule has 0 heterocycles. The van der Waals surface area contributed by atoms with Crippen LogP contribution in [0.4, 0.5) is 0 Å². The summed E-state index contributed by atoms with van der Waals surface area (Å²) in [5, 5.41) is 0. The van der Waals surface area contributed by atoms with Crippen LogP contribution in [-0.2, 0) is 32.1 Å². The highest BCUT2D eigenvalue weighted by atomic mass is 31.1. The van der Waals surface area contributed by atoms with Crippen LogP contribution in [0.5, 0.6) is 5.75 Å². The molecule has 0 saturated carbocycles. The molecule has 5 nitrogen and oxygen atoms in total. The van der Waals surface area contributed by atoms with Gasteiger partial charge in [-0.2, -0.15) is 0 Å². The van der Waals surface area contributed by atoms with Crippen molar-refractivity contribution in [1.29, 1.82) is 0 Å². The van der Waals surface area contributed by atoms with Gasteiger partial charge in [0.05, 0.1) is 7.11 Å². The minimum absolute atomic E-state index is 0.0805. The highest BCUT2D eigenvalue weighted by Gasteiger charge is 2.26. The molecule has 0 amide bonds. The molecule has 0 spiro atoms. The van der Waals surface area contributed by atoms with E-state index in [9.17, 15) is 9.36 Å². The van der Waals surface area contributed by atoms with Gasteiger partial charge in [0.15, 0.2) is 12.4 Å². The van der Waals surface area contributed by atoms with Crippen LogP contribution < -0.4 is 4.74 Å². The maximum atomic E-state index is 11.8. The lowest BCUT2D eigenvalue weighted by Gasteiger charge is -2.29. The van der Waals surface area contributed by atoms with Crippen molar-refractivity contribution < 1.29 is 23.5 Å². The van der Waals surface area contributed by atoms with Gasteiger partial charge < -0.3 is 4.74 Å². The predicted octanol–water partition coefficient (Wildman–Crippen LogP) is 4.12. The van der Waals surface area contributed by atoms with Gasteiger partial charge in [0, 0.05) is 10.1 Å². The summed E-state index contributed by atoms with van der Waals surface area (Å²) < 4.78 is 20.7. The van der Waals surface area contributed by atoms with Crippen LogP contribution in [0.1, 0.15) is 55.9 Å². The minimum atomic E-state index is -2.75. The third kappa shape index (κ3) is 4.97. The molecule has 1 aliphatic rings. The van der Waals surface area contributed by atoms with Gasteiger partial charge in [-0.15, -0.1) is 9.42 Å². The van der Waals surface area contributed by atoms with Gasteiger partial charge in [0.25, 0.3) is 0 Å². The second-order valence-electron chi connectivity index (χ2n) is 7.27. The monoisotopic (exact) mass is 365 g/mol. The van der Waals surface area contributed by atoms with Crippen molar-refractivity contribution in [2.24, 2.45) is 0 Å². The van der Waals surface area contributed by atoms with Crippen molar-refractivity contribution in [3.8, 4) is 5.75 Å². The van der Waals surface area contributed by atoms with Gasteiger partial charge in [-0.1, -0.05) is 26.8 Å². The average Bonchev–Trinajstić information content (AvgIpc) is 2.56. The standard InChI is InChI=1S/C19H25O5P/c1-19(2,3)17-11-13(9-10-14(20)12-24-25(21)22)15-7-5-6-8-16(15)18(17)23-4/h9-11H,5-8,12H2,1-4H3/p+1. The largest absolute Gasteiger partial charge is 0.695 e. The molecule has 1 atom stereocenters. The molecular weight excluding hydrogens is 339 g/mol. The summed E-state index contributed by atoms with van der Waals surface area (Å²) in [5.74, 6) is 0.626. The van der Waals surface area contributed by atoms with Gasteiger partial charge in [-0.25, -0.2) is 0 Å². The lowest BCUT2D eigenvalue weighted by molar-refractivity contribution is -0.116. The normalized spacial score (nSPS) is 15.2. The average molecular weight is 365 g/mol. The highest BCUT2D eigenvalue weighted by molar-refractivity contribution is 7.32. The first-order valence-corrected chi connectivity index (χ1v) is 9.60. The highest BCUT2D eigenvalue weighted by Crippen LogP contribution is 2.41. The van der Waals surface area contributed by atoms with Gasteiger partial charge in [-0.3, -0.25) is 4.79 Å². The summed E-state index contributed by atoms with van der Waals surface area (Å²) >= 11 is 0. The molecule has 6 heteroatoms. The van der Waals surface area contributed by atoms with Crippen molar-refractivity contribution in [2.45, 2.75) is 51.9 Å². The number of hydrogen-bond acceptors (Lipinski definition) is 4. The maximum absolute atomic E-state index is 11.8. The third-order valence-electron chi connectivity index (χ3n) is 4.41. The van der Waals surface area contributed by atoms with Gasteiger partial charge in [0.1, 0.15) is 5.75 Å². The molecular formula is C19H26O5P+. The molecule has 1 aliphatic carbocycles. The fourth-order valence-electron chi connectivity index (χ4n) is 3.23. The van der Waals surface area contributed by atoms with E-state index in [-0.39, 0.29) is 11.2 Å². The topological polar surface area (TPSA) is 72.8 Å². The summed E-state index contributed by atoms with van der Waals surface area (Å²) in [6.45, 7) is 6.03. The SMILES string of the molecule is COc1c(C(C)(C)C)cc(C=CC(=O)CO[P+](=O)O)c2c1CCCC2. The molecule has 1 aromatic carbocycles. The van der Waals surface area contributed by atoms with Crippen LogP contribution in [0.15, 0.2) is 12.1 Å². The predicted molar refractivity (Wildman–Crippen MR) is 98.2 cm³/mol. The van der Waals surface area contributed by atoms with Crippen molar-refractivity contribution in [1.82, 2.24) is 0 Å². The number of hydrogen-bond donors (Lipinski definition) is 1. The molecule has 1 unspecified atom stereocenters. The van der Waals surface area contributed by atoms with Crippen LogP contribution in [-0.4, -0.2) is 24.4 Å².